The van der Waals surface area contributed by atoms with Crippen LogP contribution in [0.25, 0.3) is 22.3 Å². The van der Waals surface area contributed by atoms with Gasteiger partial charge < -0.3 is 14.5 Å². The van der Waals surface area contributed by atoms with Gasteiger partial charge in [-0.05, 0) is 48.4 Å². The predicted molar refractivity (Wildman–Crippen MR) is 103 cm³/mol. The highest BCUT2D eigenvalue weighted by atomic mass is 16.5. The number of benzene rings is 2. The predicted octanol–water partition coefficient (Wildman–Crippen LogP) is 4.45. The van der Waals surface area contributed by atoms with Crippen LogP contribution in [-0.2, 0) is 4.79 Å². The van der Waals surface area contributed by atoms with Crippen molar-refractivity contribution in [3.63, 3.8) is 0 Å². The number of carbonyl (C=O) groups is 1. The third-order valence-corrected chi connectivity index (χ3v) is 3.98. The highest BCUT2D eigenvalue weighted by Gasteiger charge is 2.09. The van der Waals surface area contributed by atoms with E-state index < -0.39 is 0 Å². The minimum absolute atomic E-state index is 0.0149. The van der Waals surface area contributed by atoms with Crippen LogP contribution in [0, 0.1) is 5.92 Å². The zero-order chi connectivity index (χ0) is 18.7. The van der Waals surface area contributed by atoms with Gasteiger partial charge in [0.25, 0.3) is 0 Å². The molecule has 0 radical (unpaired) electrons. The summed E-state index contributed by atoms with van der Waals surface area (Å²) in [6.07, 6.45) is 0.477. The molecule has 1 N–H and O–H groups in total. The molecule has 0 saturated carbocycles. The van der Waals surface area contributed by atoms with Gasteiger partial charge in [0.1, 0.15) is 17.1 Å². The largest absolute Gasteiger partial charge is 0.497 e. The Bertz CT molecular complexity index is 987. The SMILES string of the molecule is COc1ccc2oc(-c3ccc(NC(=O)CC(C)C)cc3)cc(=O)c2c1. The first-order valence-corrected chi connectivity index (χ1v) is 8.48. The lowest BCUT2D eigenvalue weighted by molar-refractivity contribution is -0.116. The first kappa shape index (κ1) is 17.7. The number of nitrogens with one attached hydrogen (secondary N) is 1. The van der Waals surface area contributed by atoms with E-state index in [-0.39, 0.29) is 11.3 Å². The van der Waals surface area contributed by atoms with Crippen LogP contribution in [0.3, 0.4) is 0 Å². The second-order valence-corrected chi connectivity index (χ2v) is 6.56. The van der Waals surface area contributed by atoms with Crippen molar-refractivity contribution in [3.8, 4) is 17.1 Å². The zero-order valence-corrected chi connectivity index (χ0v) is 15.0. The number of rotatable bonds is 5. The molecule has 1 aromatic heterocycles. The molecule has 0 unspecified atom stereocenters. The molecule has 0 atom stereocenters. The summed E-state index contributed by atoms with van der Waals surface area (Å²) >= 11 is 0. The number of ether oxygens (including phenoxy) is 1. The average molecular weight is 351 g/mol. The van der Waals surface area contributed by atoms with Crippen LogP contribution in [0.1, 0.15) is 20.3 Å². The zero-order valence-electron chi connectivity index (χ0n) is 15.0. The Hall–Kier alpha value is -3.08. The van der Waals surface area contributed by atoms with Crippen molar-refractivity contribution in [3.05, 3.63) is 58.8 Å². The third-order valence-electron chi connectivity index (χ3n) is 3.98. The lowest BCUT2D eigenvalue weighted by Gasteiger charge is -2.08. The Morgan fingerprint density at radius 1 is 1.12 bits per heavy atom. The highest BCUT2D eigenvalue weighted by molar-refractivity contribution is 5.91. The number of hydrogen-bond acceptors (Lipinski definition) is 4. The van der Waals surface area contributed by atoms with Gasteiger partial charge in [0.15, 0.2) is 5.43 Å². The van der Waals surface area contributed by atoms with Crippen LogP contribution >= 0.6 is 0 Å². The van der Waals surface area contributed by atoms with Gasteiger partial charge in [-0.15, -0.1) is 0 Å². The number of hydrogen-bond donors (Lipinski definition) is 1. The van der Waals surface area contributed by atoms with E-state index >= 15 is 0 Å². The summed E-state index contributed by atoms with van der Waals surface area (Å²) in [5, 5.41) is 3.34. The minimum atomic E-state index is -0.130. The molecule has 26 heavy (non-hydrogen) atoms. The summed E-state index contributed by atoms with van der Waals surface area (Å²) in [5.41, 5.74) is 1.85. The Morgan fingerprint density at radius 3 is 2.50 bits per heavy atom. The second-order valence-electron chi connectivity index (χ2n) is 6.56. The lowest BCUT2D eigenvalue weighted by atomic mass is 10.1. The molecule has 3 rings (SSSR count). The molecular weight excluding hydrogens is 330 g/mol. The Balaban J connectivity index is 1.87. The molecule has 5 nitrogen and oxygen atoms in total. The molecule has 0 fully saturated rings. The van der Waals surface area contributed by atoms with E-state index in [1.807, 2.05) is 26.0 Å². The molecule has 0 aliphatic heterocycles. The number of methoxy groups -OCH3 is 1. The van der Waals surface area contributed by atoms with Gasteiger partial charge in [0, 0.05) is 23.7 Å². The molecule has 0 saturated heterocycles. The van der Waals surface area contributed by atoms with Crippen LogP contribution in [0.5, 0.6) is 5.75 Å². The summed E-state index contributed by atoms with van der Waals surface area (Å²) in [6, 6.07) is 13.8. The maximum atomic E-state index is 12.4. The van der Waals surface area contributed by atoms with Crippen LogP contribution in [-0.4, -0.2) is 13.0 Å². The molecule has 5 heteroatoms. The average Bonchev–Trinajstić information content (AvgIpc) is 2.61. The van der Waals surface area contributed by atoms with E-state index in [2.05, 4.69) is 5.32 Å². The Morgan fingerprint density at radius 2 is 1.85 bits per heavy atom. The van der Waals surface area contributed by atoms with Crippen molar-refractivity contribution in [2.24, 2.45) is 5.92 Å². The fraction of sp³-hybridized carbons (Fsp3) is 0.238. The summed E-state index contributed by atoms with van der Waals surface area (Å²) in [6.45, 7) is 4.00. The minimum Gasteiger partial charge on any atom is -0.497 e. The topological polar surface area (TPSA) is 68.5 Å². The summed E-state index contributed by atoms with van der Waals surface area (Å²) < 4.78 is 11.0. The summed E-state index contributed by atoms with van der Waals surface area (Å²) in [4.78, 5) is 24.2. The maximum Gasteiger partial charge on any atom is 0.224 e. The van der Waals surface area contributed by atoms with Crippen molar-refractivity contribution in [2.75, 3.05) is 12.4 Å². The van der Waals surface area contributed by atoms with Gasteiger partial charge in [0.2, 0.25) is 5.91 Å². The quantitative estimate of drug-likeness (QED) is 0.737. The monoisotopic (exact) mass is 351 g/mol. The van der Waals surface area contributed by atoms with Gasteiger partial charge in [-0.25, -0.2) is 0 Å². The van der Waals surface area contributed by atoms with Crippen molar-refractivity contribution < 1.29 is 13.9 Å². The van der Waals surface area contributed by atoms with E-state index in [1.165, 1.54) is 6.07 Å². The fourth-order valence-electron chi connectivity index (χ4n) is 2.71. The molecule has 0 spiro atoms. The molecule has 134 valence electrons. The molecule has 3 aromatic rings. The normalized spacial score (nSPS) is 10.9. The molecular formula is C21H21NO4. The number of carbonyl (C=O) groups excluding carboxylic acids is 1. The van der Waals surface area contributed by atoms with Gasteiger partial charge in [-0.2, -0.15) is 0 Å². The number of anilines is 1. The van der Waals surface area contributed by atoms with Crippen molar-refractivity contribution >= 4 is 22.6 Å². The van der Waals surface area contributed by atoms with Gasteiger partial charge in [-0.1, -0.05) is 13.8 Å². The number of amides is 1. The Kier molecular flexibility index (Phi) is 5.07. The summed E-state index contributed by atoms with van der Waals surface area (Å²) in [7, 11) is 1.55. The molecule has 0 bridgehead atoms. The van der Waals surface area contributed by atoms with Crippen molar-refractivity contribution in [1.29, 1.82) is 0 Å². The van der Waals surface area contributed by atoms with Crippen LogP contribution in [0.15, 0.2) is 57.7 Å². The van der Waals surface area contributed by atoms with E-state index in [9.17, 15) is 9.59 Å². The molecule has 0 aliphatic rings. The first-order chi connectivity index (χ1) is 12.5. The fourth-order valence-corrected chi connectivity index (χ4v) is 2.71. The third kappa shape index (κ3) is 3.94. The van der Waals surface area contributed by atoms with Crippen LogP contribution in [0.2, 0.25) is 0 Å². The molecule has 0 aliphatic carbocycles. The highest BCUT2D eigenvalue weighted by Crippen LogP contribution is 2.25. The van der Waals surface area contributed by atoms with Crippen LogP contribution < -0.4 is 15.5 Å². The van der Waals surface area contributed by atoms with E-state index in [1.54, 1.807) is 37.4 Å². The van der Waals surface area contributed by atoms with E-state index in [0.717, 1.165) is 5.56 Å². The first-order valence-electron chi connectivity index (χ1n) is 8.48. The van der Waals surface area contributed by atoms with Gasteiger partial charge >= 0.3 is 0 Å². The van der Waals surface area contributed by atoms with E-state index in [0.29, 0.717) is 40.5 Å². The van der Waals surface area contributed by atoms with Gasteiger partial charge in [0.05, 0.1) is 12.5 Å². The van der Waals surface area contributed by atoms with Crippen molar-refractivity contribution in [2.45, 2.75) is 20.3 Å². The molecule has 1 heterocycles. The number of fused-ring (bicyclic) bond motifs is 1. The lowest BCUT2D eigenvalue weighted by Crippen LogP contribution is -2.13. The van der Waals surface area contributed by atoms with Crippen molar-refractivity contribution in [1.82, 2.24) is 0 Å². The van der Waals surface area contributed by atoms with E-state index in [4.69, 9.17) is 9.15 Å². The summed E-state index contributed by atoms with van der Waals surface area (Å²) in [5.74, 6) is 1.38. The van der Waals surface area contributed by atoms with Crippen LogP contribution in [0.4, 0.5) is 5.69 Å². The maximum absolute atomic E-state index is 12.4. The smallest absolute Gasteiger partial charge is 0.224 e. The molecule has 2 aromatic carbocycles. The second kappa shape index (κ2) is 7.44. The Labute approximate surface area is 151 Å². The standard InChI is InChI=1S/C21H21NO4/c1-13(2)10-21(24)22-15-6-4-14(5-7-15)20-12-18(23)17-11-16(25-3)8-9-19(17)26-20/h4-9,11-13H,10H2,1-3H3,(H,22,24). The molecule has 1 amide bonds. The van der Waals surface area contributed by atoms with Gasteiger partial charge in [-0.3, -0.25) is 9.59 Å².